The van der Waals surface area contributed by atoms with E-state index in [0.717, 1.165) is 35.5 Å². The van der Waals surface area contributed by atoms with Crippen LogP contribution in [0.5, 0.6) is 5.88 Å². The van der Waals surface area contributed by atoms with Gasteiger partial charge in [-0.1, -0.05) is 15.9 Å². The summed E-state index contributed by atoms with van der Waals surface area (Å²) >= 11 is 3.49. The molecule has 0 bridgehead atoms. The molecule has 0 saturated carbocycles. The maximum atomic E-state index is 5.16. The smallest absolute Gasteiger partial charge is 0.213 e. The van der Waals surface area contributed by atoms with E-state index in [9.17, 15) is 0 Å². The molecule has 1 aromatic heterocycles. The van der Waals surface area contributed by atoms with Gasteiger partial charge in [0.1, 0.15) is 0 Å². The summed E-state index contributed by atoms with van der Waals surface area (Å²) in [6, 6.07) is 12.7. The maximum Gasteiger partial charge on any atom is 0.213 e. The molecule has 1 aliphatic heterocycles. The van der Waals surface area contributed by atoms with Gasteiger partial charge in [-0.25, -0.2) is 4.98 Å². The third-order valence-corrected chi connectivity index (χ3v) is 4.94. The molecule has 1 saturated heterocycles. The van der Waals surface area contributed by atoms with Crippen molar-refractivity contribution in [3.63, 3.8) is 0 Å². The summed E-state index contributed by atoms with van der Waals surface area (Å²) < 4.78 is 6.27. The quantitative estimate of drug-likeness (QED) is 0.342. The van der Waals surface area contributed by atoms with Crippen LogP contribution in [0, 0.1) is 0 Å². The minimum Gasteiger partial charge on any atom is -0.481 e. The molecule has 1 aliphatic rings. The van der Waals surface area contributed by atoms with Crippen LogP contribution in [0.1, 0.15) is 12.0 Å². The van der Waals surface area contributed by atoms with Crippen molar-refractivity contribution in [1.82, 2.24) is 15.6 Å². The lowest BCUT2D eigenvalue weighted by Gasteiger charge is -2.20. The predicted octanol–water partition coefficient (Wildman–Crippen LogP) is 3.41. The van der Waals surface area contributed by atoms with Crippen molar-refractivity contribution < 1.29 is 4.74 Å². The van der Waals surface area contributed by atoms with Crippen LogP contribution in [0.25, 0.3) is 0 Å². The molecule has 2 heterocycles. The van der Waals surface area contributed by atoms with E-state index in [1.165, 1.54) is 5.69 Å². The van der Waals surface area contributed by atoms with Crippen molar-refractivity contribution in [2.24, 2.45) is 4.99 Å². The molecular formula is C19H25BrIN5O. The first-order valence-corrected chi connectivity index (χ1v) is 9.44. The van der Waals surface area contributed by atoms with E-state index in [0.29, 0.717) is 18.5 Å². The van der Waals surface area contributed by atoms with Crippen molar-refractivity contribution in [3.8, 4) is 5.88 Å². The Balaban J connectivity index is 0.00000261. The number of pyridine rings is 1. The molecule has 0 aliphatic carbocycles. The number of ether oxygens (including phenoxy) is 1. The minimum absolute atomic E-state index is 0. The predicted molar refractivity (Wildman–Crippen MR) is 124 cm³/mol. The molecule has 1 atom stereocenters. The first-order valence-electron chi connectivity index (χ1n) is 8.64. The standard InChI is InChI=1S/C19H24BrN5O.HI/c1-21-19(23-12-14-7-9-22-18(11-14)26-2)24-16-8-10-25(13-16)17-5-3-15(20)4-6-17;/h3-7,9,11,16H,8,10,12-13H2,1-2H3,(H2,21,23,24);1H. The summed E-state index contributed by atoms with van der Waals surface area (Å²) in [7, 11) is 3.42. The van der Waals surface area contributed by atoms with Gasteiger partial charge < -0.3 is 20.3 Å². The van der Waals surface area contributed by atoms with Crippen LogP contribution in [0.3, 0.4) is 0 Å². The molecule has 146 valence electrons. The summed E-state index contributed by atoms with van der Waals surface area (Å²) in [6.45, 7) is 2.67. The zero-order chi connectivity index (χ0) is 18.4. The highest BCUT2D eigenvalue weighted by atomic mass is 127. The number of hydrogen-bond acceptors (Lipinski definition) is 4. The van der Waals surface area contributed by atoms with Gasteiger partial charge in [0.05, 0.1) is 7.11 Å². The normalized spacial score (nSPS) is 16.6. The van der Waals surface area contributed by atoms with Gasteiger partial charge in [0.2, 0.25) is 5.88 Å². The Kier molecular flexibility index (Phi) is 8.62. The molecule has 0 amide bonds. The Morgan fingerprint density at radius 2 is 2.11 bits per heavy atom. The molecule has 27 heavy (non-hydrogen) atoms. The van der Waals surface area contributed by atoms with Crippen LogP contribution in [0.4, 0.5) is 5.69 Å². The number of rotatable bonds is 5. The Bertz CT molecular complexity index is 756. The monoisotopic (exact) mass is 545 g/mol. The number of methoxy groups -OCH3 is 1. The highest BCUT2D eigenvalue weighted by Gasteiger charge is 2.23. The second-order valence-corrected chi connectivity index (χ2v) is 7.10. The Hall–Kier alpha value is -1.55. The fourth-order valence-corrected chi connectivity index (χ4v) is 3.27. The molecule has 1 fully saturated rings. The number of nitrogens with one attached hydrogen (secondary N) is 2. The van der Waals surface area contributed by atoms with Gasteiger partial charge in [-0.05, 0) is 42.3 Å². The molecule has 1 aromatic carbocycles. The Morgan fingerprint density at radius 3 is 2.81 bits per heavy atom. The van der Waals surface area contributed by atoms with E-state index in [1.807, 2.05) is 12.1 Å². The van der Waals surface area contributed by atoms with Gasteiger partial charge in [-0.2, -0.15) is 0 Å². The van der Waals surface area contributed by atoms with Crippen LogP contribution in [-0.4, -0.2) is 44.2 Å². The van der Waals surface area contributed by atoms with Crippen molar-refractivity contribution >= 4 is 51.6 Å². The van der Waals surface area contributed by atoms with Crippen LogP contribution in [0.2, 0.25) is 0 Å². The topological polar surface area (TPSA) is 61.8 Å². The molecule has 0 radical (unpaired) electrons. The number of nitrogens with zero attached hydrogens (tertiary/aromatic N) is 3. The van der Waals surface area contributed by atoms with Gasteiger partial charge in [-0.15, -0.1) is 24.0 Å². The van der Waals surface area contributed by atoms with E-state index in [4.69, 9.17) is 4.74 Å². The summed E-state index contributed by atoms with van der Waals surface area (Å²) in [5.41, 5.74) is 2.35. The lowest BCUT2D eigenvalue weighted by atomic mass is 10.2. The van der Waals surface area contributed by atoms with Gasteiger partial charge in [0.15, 0.2) is 5.96 Å². The number of aliphatic imine (C=N–C) groups is 1. The lowest BCUT2D eigenvalue weighted by Crippen LogP contribution is -2.44. The number of halogens is 2. The van der Waals surface area contributed by atoms with Crippen LogP contribution in [0.15, 0.2) is 52.1 Å². The molecule has 2 N–H and O–H groups in total. The van der Waals surface area contributed by atoms with Crippen molar-refractivity contribution in [3.05, 3.63) is 52.6 Å². The number of aromatic nitrogens is 1. The SMILES string of the molecule is CN=C(NCc1ccnc(OC)c1)NC1CCN(c2ccc(Br)cc2)C1.I. The van der Waals surface area contributed by atoms with E-state index >= 15 is 0 Å². The van der Waals surface area contributed by atoms with E-state index in [1.54, 1.807) is 20.4 Å². The molecule has 6 nitrogen and oxygen atoms in total. The fourth-order valence-electron chi connectivity index (χ4n) is 3.01. The lowest BCUT2D eigenvalue weighted by molar-refractivity contribution is 0.397. The first kappa shape index (κ1) is 21.7. The minimum atomic E-state index is 0. The van der Waals surface area contributed by atoms with Crippen LogP contribution < -0.4 is 20.3 Å². The van der Waals surface area contributed by atoms with Gasteiger partial charge >= 0.3 is 0 Å². The molecule has 8 heteroatoms. The highest BCUT2D eigenvalue weighted by molar-refractivity contribution is 14.0. The third-order valence-electron chi connectivity index (χ3n) is 4.41. The van der Waals surface area contributed by atoms with Crippen molar-refractivity contribution in [2.75, 3.05) is 32.1 Å². The van der Waals surface area contributed by atoms with Gasteiger partial charge in [0.25, 0.3) is 0 Å². The van der Waals surface area contributed by atoms with Crippen LogP contribution >= 0.6 is 39.9 Å². The maximum absolute atomic E-state index is 5.16. The largest absolute Gasteiger partial charge is 0.481 e. The summed E-state index contributed by atoms with van der Waals surface area (Å²) in [5.74, 6) is 1.43. The number of guanidine groups is 1. The molecule has 0 spiro atoms. The second kappa shape index (κ2) is 10.7. The molecular weight excluding hydrogens is 521 g/mol. The van der Waals surface area contributed by atoms with Crippen molar-refractivity contribution in [1.29, 1.82) is 0 Å². The van der Waals surface area contributed by atoms with E-state index in [-0.39, 0.29) is 24.0 Å². The Morgan fingerprint density at radius 1 is 1.33 bits per heavy atom. The number of hydrogen-bond donors (Lipinski definition) is 2. The average molecular weight is 546 g/mol. The molecule has 3 rings (SSSR count). The summed E-state index contributed by atoms with van der Waals surface area (Å²) in [5, 5.41) is 6.87. The second-order valence-electron chi connectivity index (χ2n) is 6.18. The molecule has 2 aromatic rings. The first-order chi connectivity index (χ1) is 12.7. The van der Waals surface area contributed by atoms with Gasteiger partial charge in [0, 0.05) is 55.1 Å². The average Bonchev–Trinajstić information content (AvgIpc) is 3.14. The number of anilines is 1. The van der Waals surface area contributed by atoms with Crippen molar-refractivity contribution in [2.45, 2.75) is 19.0 Å². The highest BCUT2D eigenvalue weighted by Crippen LogP contribution is 2.22. The summed E-state index contributed by atoms with van der Waals surface area (Å²) in [4.78, 5) is 10.9. The molecule has 1 unspecified atom stereocenters. The zero-order valence-corrected chi connectivity index (χ0v) is 19.4. The van der Waals surface area contributed by atoms with E-state index < -0.39 is 0 Å². The van der Waals surface area contributed by atoms with E-state index in [2.05, 4.69) is 65.7 Å². The third kappa shape index (κ3) is 6.24. The fraction of sp³-hybridized carbons (Fsp3) is 0.368. The number of benzene rings is 1. The van der Waals surface area contributed by atoms with Crippen LogP contribution in [-0.2, 0) is 6.54 Å². The Labute approximate surface area is 186 Å². The van der Waals surface area contributed by atoms with Gasteiger partial charge in [-0.3, -0.25) is 4.99 Å². The summed E-state index contributed by atoms with van der Waals surface area (Å²) in [6.07, 6.45) is 2.83. The zero-order valence-electron chi connectivity index (χ0n) is 15.5.